The van der Waals surface area contributed by atoms with Gasteiger partial charge in [0.05, 0.1) is 23.7 Å². The summed E-state index contributed by atoms with van der Waals surface area (Å²) < 4.78 is 28.7. The van der Waals surface area contributed by atoms with Crippen molar-refractivity contribution in [2.24, 2.45) is 17.3 Å². The van der Waals surface area contributed by atoms with Crippen LogP contribution in [0.4, 0.5) is 0 Å². The number of aromatic nitrogens is 2. The van der Waals surface area contributed by atoms with Gasteiger partial charge in [-0.1, -0.05) is 64.3 Å². The Morgan fingerprint density at radius 1 is 0.984 bits per heavy atom. The highest BCUT2D eigenvalue weighted by Gasteiger charge is 2.66. The summed E-state index contributed by atoms with van der Waals surface area (Å²) in [6, 6.07) is 3.54. The molecule has 7 atom stereocenters. The third-order valence-corrected chi connectivity index (χ3v) is 14.6. The molecule has 2 unspecified atom stereocenters. The second-order valence-electron chi connectivity index (χ2n) is 18.1. The zero-order valence-corrected chi connectivity index (χ0v) is 36.1. The van der Waals surface area contributed by atoms with Crippen LogP contribution in [0.3, 0.4) is 0 Å². The number of hydrogen-bond donors (Lipinski definition) is 4. The lowest BCUT2D eigenvalue weighted by atomic mass is 9.82. The summed E-state index contributed by atoms with van der Waals surface area (Å²) in [4.78, 5) is 99.1. The maximum atomic E-state index is 15.3. The summed E-state index contributed by atoms with van der Waals surface area (Å²) in [5.41, 5.74) is -3.61. The molecule has 0 radical (unpaired) electrons. The highest BCUT2D eigenvalue weighted by atomic mass is 32.2. The highest BCUT2D eigenvalue weighted by molar-refractivity contribution is 7.90. The SMILES string of the molecule is C=C[C@@H]1CC1(NC(=O)[C@@H]1CC2(CN1C(=O)[C@@H](NC(=O)[C@@H](NC(=O)c1cnccn1)C1CCCCC1)C(C)(C)C)N(CC)C(=O)[C@@H]1CCCN12)C(=O)NS(=O)(=O)c1ccccc1. The normalized spacial score (nSPS) is 27.5. The first-order valence-electron chi connectivity index (χ1n) is 21.3. The Hall–Kier alpha value is -5.23. The van der Waals surface area contributed by atoms with Crippen molar-refractivity contribution in [2.45, 2.75) is 126 Å². The molecule has 328 valence electrons. The van der Waals surface area contributed by atoms with Crippen molar-refractivity contribution in [1.29, 1.82) is 0 Å². The monoisotopic (exact) mass is 859 g/mol. The minimum absolute atomic E-state index is 0.0170. The molecule has 2 aliphatic carbocycles. The Morgan fingerprint density at radius 2 is 1.70 bits per heavy atom. The Balaban J connectivity index is 1.20. The molecule has 1 spiro atoms. The van der Waals surface area contributed by atoms with Crippen molar-refractivity contribution < 1.29 is 37.2 Å². The first-order chi connectivity index (χ1) is 29.0. The quantitative estimate of drug-likeness (QED) is 0.213. The number of carbonyl (C=O) groups is 6. The number of hydrogen-bond acceptors (Lipinski definition) is 11. The van der Waals surface area contributed by atoms with Gasteiger partial charge in [-0.3, -0.25) is 38.7 Å². The molecule has 1 aromatic heterocycles. The van der Waals surface area contributed by atoms with Gasteiger partial charge >= 0.3 is 0 Å². The van der Waals surface area contributed by atoms with Gasteiger partial charge in [0.2, 0.25) is 23.6 Å². The lowest BCUT2D eigenvalue weighted by Gasteiger charge is -2.40. The van der Waals surface area contributed by atoms with Crippen LogP contribution in [0, 0.1) is 17.3 Å². The number of nitrogens with one attached hydrogen (secondary N) is 4. The summed E-state index contributed by atoms with van der Waals surface area (Å²) in [5, 5.41) is 8.72. The van der Waals surface area contributed by atoms with E-state index in [-0.39, 0.29) is 41.8 Å². The number of likely N-dealkylation sites (tertiary alicyclic amines) is 1. The fraction of sp³-hybridized carbons (Fsp3) is 0.581. The van der Waals surface area contributed by atoms with E-state index in [1.54, 1.807) is 31.7 Å². The van der Waals surface area contributed by atoms with Crippen LogP contribution in [0.2, 0.25) is 0 Å². The molecule has 18 heteroatoms. The fourth-order valence-electron chi connectivity index (χ4n) is 10.0. The van der Waals surface area contributed by atoms with Crippen LogP contribution < -0.4 is 20.7 Å². The van der Waals surface area contributed by atoms with Gasteiger partial charge in [-0.15, -0.1) is 6.58 Å². The van der Waals surface area contributed by atoms with Crippen LogP contribution >= 0.6 is 0 Å². The number of carbonyl (C=O) groups excluding carboxylic acids is 6. The Labute approximate surface area is 356 Å². The molecule has 3 aliphatic heterocycles. The van der Waals surface area contributed by atoms with Crippen molar-refractivity contribution >= 4 is 45.5 Å². The average molecular weight is 860 g/mol. The molecule has 7 rings (SSSR count). The smallest absolute Gasteiger partial charge is 0.272 e. The third-order valence-electron chi connectivity index (χ3n) is 13.3. The van der Waals surface area contributed by atoms with E-state index in [4.69, 9.17) is 0 Å². The number of likely N-dealkylation sites (N-methyl/N-ethyl adjacent to an activating group) is 1. The molecular weight excluding hydrogens is 803 g/mol. The summed E-state index contributed by atoms with van der Waals surface area (Å²) in [6.07, 6.45) is 11.2. The molecule has 2 aromatic rings. The highest BCUT2D eigenvalue weighted by Crippen LogP contribution is 2.48. The van der Waals surface area contributed by atoms with Crippen LogP contribution in [-0.2, 0) is 34.0 Å². The van der Waals surface area contributed by atoms with Gasteiger partial charge in [-0.2, -0.15) is 0 Å². The van der Waals surface area contributed by atoms with Gasteiger partial charge < -0.3 is 25.8 Å². The minimum Gasteiger partial charge on any atom is -0.342 e. The zero-order chi connectivity index (χ0) is 43.9. The standard InChI is InChI=1S/C43H57N9O8S/c1-6-28-23-43(28,40(58)49-61(59,60)29-17-12-9-13-18-29)48-36(54)32-24-42(51(7-2)38(56)31-19-14-22-52(31)42)26-50(32)39(57)34(41(3,4)5)47-37(55)33(27-15-10-8-11-16-27)46-35(53)30-25-44-20-21-45-30/h6,9,12-13,17-18,20-21,25,27-28,31-34H,1,7-8,10-11,14-16,19,22-24,26H2,2-5H3,(H,46,53)(H,47,55)(H,48,54)(H,49,58)/t28-,31+,32+,33+,34-,42?,43?/m1/s1. The van der Waals surface area contributed by atoms with Crippen molar-refractivity contribution in [1.82, 2.24) is 45.3 Å². The topological polar surface area (TPSA) is 220 Å². The average Bonchev–Trinajstić information content (AvgIpc) is 3.49. The molecule has 6 amide bonds. The van der Waals surface area contributed by atoms with E-state index in [0.29, 0.717) is 32.4 Å². The molecule has 4 N–H and O–H groups in total. The number of rotatable bonds is 13. The van der Waals surface area contributed by atoms with E-state index in [1.807, 2.05) is 6.92 Å². The number of benzene rings is 1. The van der Waals surface area contributed by atoms with Gasteiger partial charge in [0, 0.05) is 37.8 Å². The van der Waals surface area contributed by atoms with Gasteiger partial charge in [-0.25, -0.2) is 18.1 Å². The number of nitrogens with zero attached hydrogens (tertiary/aromatic N) is 5. The van der Waals surface area contributed by atoms with Crippen molar-refractivity contribution in [3.05, 3.63) is 67.3 Å². The molecule has 0 bridgehead atoms. The van der Waals surface area contributed by atoms with Crippen LogP contribution in [0.1, 0.15) is 96.0 Å². The van der Waals surface area contributed by atoms with E-state index >= 15 is 4.79 Å². The number of sulfonamides is 1. The summed E-state index contributed by atoms with van der Waals surface area (Å²) in [5.74, 6) is -4.26. The van der Waals surface area contributed by atoms with E-state index in [1.165, 1.54) is 53.8 Å². The van der Waals surface area contributed by atoms with E-state index in [9.17, 15) is 32.4 Å². The molecule has 1 aromatic carbocycles. The largest absolute Gasteiger partial charge is 0.342 e. The summed E-state index contributed by atoms with van der Waals surface area (Å²) >= 11 is 0. The van der Waals surface area contributed by atoms with Gasteiger partial charge in [0.1, 0.15) is 35.0 Å². The molecular formula is C43H57N9O8S. The van der Waals surface area contributed by atoms with Crippen LogP contribution in [0.5, 0.6) is 0 Å². The van der Waals surface area contributed by atoms with Gasteiger partial charge in [-0.05, 0) is 62.5 Å². The maximum absolute atomic E-state index is 15.3. The minimum atomic E-state index is -4.31. The molecule has 5 aliphatic rings. The van der Waals surface area contributed by atoms with E-state index in [2.05, 4.69) is 42.1 Å². The second kappa shape index (κ2) is 16.9. The predicted molar refractivity (Wildman–Crippen MR) is 222 cm³/mol. The zero-order valence-electron chi connectivity index (χ0n) is 35.3. The van der Waals surface area contributed by atoms with E-state index < -0.39 is 86.3 Å². The predicted octanol–water partition coefficient (Wildman–Crippen LogP) is 1.88. The maximum Gasteiger partial charge on any atom is 0.272 e. The molecule has 17 nitrogen and oxygen atoms in total. The summed E-state index contributed by atoms with van der Waals surface area (Å²) in [7, 11) is -4.31. The Bertz CT molecular complexity index is 2160. The molecule has 61 heavy (non-hydrogen) atoms. The summed E-state index contributed by atoms with van der Waals surface area (Å²) in [6.45, 7) is 11.9. The van der Waals surface area contributed by atoms with Crippen molar-refractivity contribution in [3.63, 3.8) is 0 Å². The number of fused-ring (bicyclic) bond motifs is 2. The lowest BCUT2D eigenvalue weighted by Crippen LogP contribution is -2.62. The molecule has 5 fully saturated rings. The fourth-order valence-corrected chi connectivity index (χ4v) is 11.1. The second-order valence-corrected chi connectivity index (χ2v) is 19.8. The Kier molecular flexibility index (Phi) is 12.2. The molecule has 3 saturated heterocycles. The van der Waals surface area contributed by atoms with Crippen LogP contribution in [0.25, 0.3) is 0 Å². The third kappa shape index (κ3) is 8.27. The van der Waals surface area contributed by atoms with Crippen LogP contribution in [-0.4, -0.2) is 124 Å². The van der Waals surface area contributed by atoms with Crippen molar-refractivity contribution in [3.8, 4) is 0 Å². The first-order valence-corrected chi connectivity index (χ1v) is 22.8. The van der Waals surface area contributed by atoms with Crippen molar-refractivity contribution in [2.75, 3.05) is 19.6 Å². The Morgan fingerprint density at radius 3 is 2.33 bits per heavy atom. The first kappa shape index (κ1) is 43.8. The van der Waals surface area contributed by atoms with Crippen LogP contribution in [0.15, 0.2) is 66.5 Å². The molecule has 2 saturated carbocycles. The van der Waals surface area contributed by atoms with E-state index in [0.717, 1.165) is 25.7 Å². The van der Waals surface area contributed by atoms with Gasteiger partial charge in [0.15, 0.2) is 0 Å². The lowest BCUT2D eigenvalue weighted by molar-refractivity contribution is -0.145. The molecule has 4 heterocycles. The van der Waals surface area contributed by atoms with Gasteiger partial charge in [0.25, 0.3) is 21.8 Å². The number of amides is 6.